The number of hydrogen-bond donors (Lipinski definition) is 7. The second kappa shape index (κ2) is 41.1. The SMILES string of the molecule is N[C@@H](CCCCNC(=O)COCCOCCNC(=O)COCCOCCNC(=O)CC[C@H](NC(=O)CCCCCCCCCCCCCCCCC(=O)O)C(=O)O)C(=O)P. The summed E-state index contributed by atoms with van der Waals surface area (Å²) in [5.74, 6) is -3.15. The molecule has 0 rings (SSSR count). The lowest BCUT2D eigenvalue weighted by Gasteiger charge is -2.14. The molecule has 0 radical (unpaired) electrons. The van der Waals surface area contributed by atoms with Crippen molar-refractivity contribution in [3.8, 4) is 0 Å². The number of aliphatic carboxylic acids is 2. The number of hydrogen-bond acceptors (Lipinski definition) is 12. The molecule has 0 spiro atoms. The Hall–Kier alpha value is -3.28. The Morgan fingerprint density at radius 1 is 0.467 bits per heavy atom. The van der Waals surface area contributed by atoms with E-state index >= 15 is 0 Å². The largest absolute Gasteiger partial charge is 0.481 e. The Morgan fingerprint density at radius 3 is 1.37 bits per heavy atom. The molecule has 0 aliphatic heterocycles. The Balaban J connectivity index is 3.65. The van der Waals surface area contributed by atoms with Crippen molar-refractivity contribution < 1.29 is 62.7 Å². The molecule has 4 amide bonds. The quantitative estimate of drug-likeness (QED) is 0.0343. The number of carboxylic acid groups (broad SMARTS) is 2. The highest BCUT2D eigenvalue weighted by Crippen LogP contribution is 2.14. The maximum atomic E-state index is 12.3. The van der Waals surface area contributed by atoms with Crippen molar-refractivity contribution in [2.45, 2.75) is 147 Å². The third-order valence-corrected chi connectivity index (χ3v) is 9.74. The molecular formula is C41H76N5O13P. The highest BCUT2D eigenvalue weighted by atomic mass is 31.0. The second-order valence-corrected chi connectivity index (χ2v) is 15.3. The van der Waals surface area contributed by atoms with Crippen LogP contribution in [0.4, 0.5) is 0 Å². The molecule has 0 fully saturated rings. The summed E-state index contributed by atoms with van der Waals surface area (Å²) in [5.41, 5.74) is 5.52. The fraction of sp³-hybridized carbons (Fsp3) is 0.829. The number of amides is 4. The number of rotatable bonds is 44. The molecule has 0 bridgehead atoms. The number of ether oxygens (including phenoxy) is 4. The molecule has 348 valence electrons. The molecule has 1 unspecified atom stereocenters. The van der Waals surface area contributed by atoms with Crippen LogP contribution in [0.15, 0.2) is 0 Å². The van der Waals surface area contributed by atoms with Crippen LogP contribution in [-0.2, 0) is 52.5 Å². The standard InChI is InChI=1S/C41H76N5O13P/c42-33(41(55)60)17-15-16-22-43-37(49)31-58-29-28-57-26-24-45-38(50)32-59-30-27-56-25-23-44-35(47)21-20-34(40(53)54)46-36(48)18-13-11-9-7-5-3-1-2-4-6-8-10-12-14-19-39(51)52/h33-34H,1-32,42,60H2,(H,43,49)(H,44,47)(H,45,50)(H,46,48)(H,51,52)(H,53,54)/t33-,34-/m0/s1. The lowest BCUT2D eigenvalue weighted by molar-refractivity contribution is -0.142. The van der Waals surface area contributed by atoms with E-state index < -0.39 is 24.0 Å². The summed E-state index contributed by atoms with van der Waals surface area (Å²) in [6.07, 6.45) is 17.5. The van der Waals surface area contributed by atoms with E-state index in [1.165, 1.54) is 44.9 Å². The van der Waals surface area contributed by atoms with Gasteiger partial charge in [0.2, 0.25) is 23.6 Å². The van der Waals surface area contributed by atoms with E-state index in [9.17, 15) is 38.7 Å². The number of carbonyl (C=O) groups excluding carboxylic acids is 5. The number of nitrogens with two attached hydrogens (primary N) is 1. The van der Waals surface area contributed by atoms with Gasteiger partial charge in [0.25, 0.3) is 0 Å². The van der Waals surface area contributed by atoms with Crippen molar-refractivity contribution >= 4 is 50.3 Å². The minimum atomic E-state index is -1.18. The Morgan fingerprint density at radius 2 is 0.900 bits per heavy atom. The number of carbonyl (C=O) groups is 7. The number of nitrogens with one attached hydrogen (secondary N) is 4. The van der Waals surface area contributed by atoms with Gasteiger partial charge in [-0.25, -0.2) is 4.79 Å². The van der Waals surface area contributed by atoms with E-state index in [1.807, 2.05) is 0 Å². The zero-order valence-corrected chi connectivity index (χ0v) is 37.0. The van der Waals surface area contributed by atoms with Crippen LogP contribution in [0.2, 0.25) is 0 Å². The van der Waals surface area contributed by atoms with Gasteiger partial charge in [-0.2, -0.15) is 0 Å². The molecule has 0 saturated heterocycles. The van der Waals surface area contributed by atoms with Crippen molar-refractivity contribution in [1.82, 2.24) is 21.3 Å². The van der Waals surface area contributed by atoms with Crippen molar-refractivity contribution in [2.24, 2.45) is 5.73 Å². The Kier molecular flexibility index (Phi) is 38.8. The van der Waals surface area contributed by atoms with Gasteiger partial charge in [-0.3, -0.25) is 28.8 Å². The van der Waals surface area contributed by atoms with E-state index in [2.05, 4.69) is 30.5 Å². The molecule has 0 aromatic carbocycles. The predicted molar refractivity (Wildman–Crippen MR) is 229 cm³/mol. The van der Waals surface area contributed by atoms with E-state index in [-0.39, 0.29) is 121 Å². The van der Waals surface area contributed by atoms with Crippen molar-refractivity contribution in [1.29, 1.82) is 0 Å². The topological polar surface area (TPSA) is 271 Å². The maximum Gasteiger partial charge on any atom is 0.326 e. The molecule has 0 aliphatic rings. The molecule has 0 saturated carbocycles. The summed E-state index contributed by atoms with van der Waals surface area (Å²) in [4.78, 5) is 81.4. The van der Waals surface area contributed by atoms with Crippen LogP contribution in [-0.4, -0.2) is 136 Å². The first-order valence-electron chi connectivity index (χ1n) is 21.8. The van der Waals surface area contributed by atoms with Gasteiger partial charge in [0, 0.05) is 38.9 Å². The van der Waals surface area contributed by atoms with E-state index in [4.69, 9.17) is 29.8 Å². The smallest absolute Gasteiger partial charge is 0.326 e. The van der Waals surface area contributed by atoms with E-state index in [0.29, 0.717) is 25.8 Å². The first-order chi connectivity index (χ1) is 28.9. The minimum absolute atomic E-state index is 0.0275. The van der Waals surface area contributed by atoms with Crippen molar-refractivity contribution in [2.75, 3.05) is 72.5 Å². The maximum absolute atomic E-state index is 12.3. The zero-order valence-electron chi connectivity index (χ0n) is 35.8. The highest BCUT2D eigenvalue weighted by molar-refractivity contribution is 7.40. The summed E-state index contributed by atoms with van der Waals surface area (Å²) < 4.78 is 21.3. The molecule has 0 aromatic rings. The van der Waals surface area contributed by atoms with Crippen LogP contribution >= 0.6 is 9.24 Å². The lowest BCUT2D eigenvalue weighted by Crippen LogP contribution is -2.41. The third-order valence-electron chi connectivity index (χ3n) is 9.31. The van der Waals surface area contributed by atoms with Gasteiger partial charge in [-0.15, -0.1) is 0 Å². The molecule has 18 nitrogen and oxygen atoms in total. The third kappa shape index (κ3) is 40.1. The first-order valence-corrected chi connectivity index (χ1v) is 22.4. The van der Waals surface area contributed by atoms with Crippen molar-refractivity contribution in [3.05, 3.63) is 0 Å². The molecular weight excluding hydrogens is 801 g/mol. The molecule has 60 heavy (non-hydrogen) atoms. The van der Waals surface area contributed by atoms with Crippen molar-refractivity contribution in [3.63, 3.8) is 0 Å². The minimum Gasteiger partial charge on any atom is -0.481 e. The predicted octanol–water partition coefficient (Wildman–Crippen LogP) is 2.98. The fourth-order valence-electron chi connectivity index (χ4n) is 5.83. The van der Waals surface area contributed by atoms with Crippen LogP contribution in [0.25, 0.3) is 0 Å². The monoisotopic (exact) mass is 878 g/mol. The molecule has 0 heterocycles. The lowest BCUT2D eigenvalue weighted by atomic mass is 10.0. The molecule has 8 N–H and O–H groups in total. The number of carboxylic acids is 2. The average Bonchev–Trinajstić information content (AvgIpc) is 3.20. The molecule has 19 heteroatoms. The van der Waals surface area contributed by atoms with Crippen LogP contribution in [0, 0.1) is 0 Å². The summed E-state index contributed by atoms with van der Waals surface area (Å²) in [7, 11) is 2.07. The van der Waals surface area contributed by atoms with Crippen LogP contribution in [0.3, 0.4) is 0 Å². The second-order valence-electron chi connectivity index (χ2n) is 14.7. The van der Waals surface area contributed by atoms with Crippen LogP contribution < -0.4 is 27.0 Å². The molecule has 0 aliphatic carbocycles. The number of unbranched alkanes of at least 4 members (excludes halogenated alkanes) is 14. The van der Waals surface area contributed by atoms with Gasteiger partial charge >= 0.3 is 11.9 Å². The van der Waals surface area contributed by atoms with Gasteiger partial charge in [0.05, 0.1) is 45.7 Å². The van der Waals surface area contributed by atoms with Gasteiger partial charge in [-0.05, 0) is 38.5 Å². The summed E-state index contributed by atoms with van der Waals surface area (Å²) in [6.45, 7) is 2.01. The van der Waals surface area contributed by atoms with E-state index in [0.717, 1.165) is 44.9 Å². The molecule has 3 atom stereocenters. The summed E-state index contributed by atoms with van der Waals surface area (Å²) in [5, 5.41) is 28.7. The van der Waals surface area contributed by atoms with Gasteiger partial charge in [0.15, 0.2) is 5.52 Å². The summed E-state index contributed by atoms with van der Waals surface area (Å²) in [6, 6.07) is -1.63. The summed E-state index contributed by atoms with van der Waals surface area (Å²) >= 11 is 0. The zero-order chi connectivity index (χ0) is 44.5. The van der Waals surface area contributed by atoms with E-state index in [1.54, 1.807) is 0 Å². The average molecular weight is 878 g/mol. The van der Waals surface area contributed by atoms with Crippen LogP contribution in [0.5, 0.6) is 0 Å². The van der Waals surface area contributed by atoms with Gasteiger partial charge < -0.3 is 56.2 Å². The van der Waals surface area contributed by atoms with Crippen LogP contribution in [0.1, 0.15) is 135 Å². The Labute approximate surface area is 358 Å². The van der Waals surface area contributed by atoms with Gasteiger partial charge in [0.1, 0.15) is 19.3 Å². The fourth-order valence-corrected chi connectivity index (χ4v) is 5.99. The Bertz CT molecular complexity index is 1180. The first kappa shape index (κ1) is 56.7. The normalized spacial score (nSPS) is 12.0. The van der Waals surface area contributed by atoms with Gasteiger partial charge in [-0.1, -0.05) is 86.3 Å². The molecule has 0 aromatic heterocycles. The highest BCUT2D eigenvalue weighted by Gasteiger charge is 2.21.